The molecule has 0 aromatic heterocycles. The first-order valence-corrected chi connectivity index (χ1v) is 9.57. The fraction of sp³-hybridized carbons (Fsp3) is 0.304. The molecule has 0 heterocycles. The summed E-state index contributed by atoms with van der Waals surface area (Å²) in [5, 5.41) is 9.97. The maximum atomic E-state index is 13.2. The second kappa shape index (κ2) is 8.04. The van der Waals surface area contributed by atoms with Gasteiger partial charge >= 0.3 is 6.18 Å². The van der Waals surface area contributed by atoms with Gasteiger partial charge in [-0.3, -0.25) is 0 Å². The van der Waals surface area contributed by atoms with Crippen LogP contribution >= 0.6 is 11.6 Å². The predicted molar refractivity (Wildman–Crippen MR) is 108 cm³/mol. The molecule has 28 heavy (non-hydrogen) atoms. The molecule has 1 nitrogen and oxygen atoms in total. The van der Waals surface area contributed by atoms with E-state index in [2.05, 4.69) is 13.2 Å². The number of benzene rings is 2. The number of halogens is 4. The van der Waals surface area contributed by atoms with Gasteiger partial charge in [-0.2, -0.15) is 13.2 Å². The Hall–Kier alpha value is -2.20. The summed E-state index contributed by atoms with van der Waals surface area (Å²) in [6, 6.07) is 9.68. The van der Waals surface area contributed by atoms with Crippen LogP contribution in [0.5, 0.6) is 0 Å². The van der Waals surface area contributed by atoms with E-state index in [0.717, 1.165) is 28.3 Å². The molecule has 5 heteroatoms. The van der Waals surface area contributed by atoms with Gasteiger partial charge in [0.05, 0.1) is 11.3 Å². The highest BCUT2D eigenvalue weighted by molar-refractivity contribution is 6.31. The van der Waals surface area contributed by atoms with Crippen LogP contribution < -0.4 is 0 Å². The maximum Gasteiger partial charge on any atom is 0.416 e. The number of aliphatic hydroxyl groups excluding tert-OH is 1. The Balaban J connectivity index is 1.97. The molecule has 0 aliphatic heterocycles. The van der Waals surface area contributed by atoms with Crippen molar-refractivity contribution in [2.24, 2.45) is 0 Å². The van der Waals surface area contributed by atoms with E-state index in [0.29, 0.717) is 42.7 Å². The van der Waals surface area contributed by atoms with E-state index in [1.807, 2.05) is 18.2 Å². The molecular weight excluding hydrogens is 385 g/mol. The fourth-order valence-electron chi connectivity index (χ4n) is 3.92. The number of aryl methyl sites for hydroxylation is 1. The third-order valence-electron chi connectivity index (χ3n) is 5.26. The van der Waals surface area contributed by atoms with Crippen molar-refractivity contribution in [2.75, 3.05) is 0 Å². The number of alkyl halides is 3. The zero-order valence-corrected chi connectivity index (χ0v) is 16.2. The van der Waals surface area contributed by atoms with Crippen LogP contribution in [0.15, 0.2) is 55.3 Å². The largest absolute Gasteiger partial charge is 0.513 e. The van der Waals surface area contributed by atoms with Crippen molar-refractivity contribution in [3.63, 3.8) is 0 Å². The van der Waals surface area contributed by atoms with Gasteiger partial charge < -0.3 is 5.11 Å². The molecule has 0 bridgehead atoms. The Morgan fingerprint density at radius 1 is 1.18 bits per heavy atom. The highest BCUT2D eigenvalue weighted by atomic mass is 35.5. The monoisotopic (exact) mass is 406 g/mol. The van der Waals surface area contributed by atoms with E-state index < -0.39 is 11.7 Å². The average Bonchev–Trinajstić information content (AvgIpc) is 2.61. The van der Waals surface area contributed by atoms with Crippen LogP contribution in [0, 0.1) is 0 Å². The molecule has 0 spiro atoms. The van der Waals surface area contributed by atoms with Gasteiger partial charge in [0.2, 0.25) is 0 Å². The first kappa shape index (κ1) is 20.5. The summed E-state index contributed by atoms with van der Waals surface area (Å²) in [6.45, 7) is 7.61. The van der Waals surface area contributed by atoms with Crippen molar-refractivity contribution in [1.82, 2.24) is 0 Å². The van der Waals surface area contributed by atoms with E-state index >= 15 is 0 Å². The number of hydrogen-bond donors (Lipinski definition) is 1. The van der Waals surface area contributed by atoms with Gasteiger partial charge in [0.1, 0.15) is 0 Å². The minimum absolute atomic E-state index is 0.0227. The van der Waals surface area contributed by atoms with Gasteiger partial charge in [-0.1, -0.05) is 43.0 Å². The molecule has 148 valence electrons. The Labute approximate surface area is 168 Å². The lowest BCUT2D eigenvalue weighted by molar-refractivity contribution is -0.137. The zero-order chi connectivity index (χ0) is 20.5. The van der Waals surface area contributed by atoms with Gasteiger partial charge in [0.25, 0.3) is 0 Å². The average molecular weight is 407 g/mol. The van der Waals surface area contributed by atoms with Gasteiger partial charge in [-0.15, -0.1) is 0 Å². The predicted octanol–water partition coefficient (Wildman–Crippen LogP) is 7.50. The fourth-order valence-corrected chi connectivity index (χ4v) is 4.17. The normalized spacial score (nSPS) is 16.7. The minimum Gasteiger partial charge on any atom is -0.513 e. The van der Waals surface area contributed by atoms with E-state index in [4.69, 9.17) is 11.6 Å². The van der Waals surface area contributed by atoms with Crippen molar-refractivity contribution in [1.29, 1.82) is 0 Å². The quantitative estimate of drug-likeness (QED) is 0.510. The highest BCUT2D eigenvalue weighted by Gasteiger charge is 2.32. The molecule has 0 saturated carbocycles. The summed E-state index contributed by atoms with van der Waals surface area (Å²) in [5.41, 5.74) is 3.88. The molecule has 2 aromatic carbocycles. The molecular formula is C23H22ClF3O. The first-order chi connectivity index (χ1) is 13.2. The molecule has 3 rings (SSSR count). The Kier molecular flexibility index (Phi) is 5.90. The third-order valence-corrected chi connectivity index (χ3v) is 5.62. The lowest BCUT2D eigenvalue weighted by Crippen LogP contribution is -2.15. The Morgan fingerprint density at radius 3 is 2.61 bits per heavy atom. The van der Waals surface area contributed by atoms with Crippen LogP contribution in [0.4, 0.5) is 13.2 Å². The van der Waals surface area contributed by atoms with Crippen molar-refractivity contribution in [3.8, 4) is 0 Å². The number of fused-ring (bicyclic) bond motifs is 1. The standard InChI is InChI=1S/C23H22ClF3O/c1-14-11-17(13-21-19(14)7-4-8-22(21)24)20-10-9-18(23(25,26)27)12-16(20)6-3-5-15(2)28/h4,7-10,12,17,28H,1-3,5-6,11,13H2. The van der Waals surface area contributed by atoms with Gasteiger partial charge in [0.15, 0.2) is 0 Å². The number of hydrogen-bond acceptors (Lipinski definition) is 1. The molecule has 0 amide bonds. The van der Waals surface area contributed by atoms with Gasteiger partial charge in [-0.05, 0) is 77.6 Å². The van der Waals surface area contributed by atoms with Gasteiger partial charge in [-0.25, -0.2) is 0 Å². The second-order valence-corrected chi connectivity index (χ2v) is 7.71. The van der Waals surface area contributed by atoms with E-state index in [1.54, 1.807) is 6.07 Å². The van der Waals surface area contributed by atoms with Crippen LogP contribution in [0.1, 0.15) is 53.0 Å². The van der Waals surface area contributed by atoms with E-state index in [9.17, 15) is 18.3 Å². The SMILES string of the molecule is C=C(O)CCCc1cc(C(F)(F)F)ccc1C1CC(=C)c2cccc(Cl)c2C1. The maximum absolute atomic E-state index is 13.2. The molecule has 1 unspecified atom stereocenters. The first-order valence-electron chi connectivity index (χ1n) is 9.19. The number of allylic oxidation sites excluding steroid dienone is 2. The van der Waals surface area contributed by atoms with Crippen molar-refractivity contribution >= 4 is 17.2 Å². The Morgan fingerprint density at radius 2 is 1.93 bits per heavy atom. The topological polar surface area (TPSA) is 20.2 Å². The summed E-state index contributed by atoms with van der Waals surface area (Å²) in [4.78, 5) is 0. The van der Waals surface area contributed by atoms with Gasteiger partial charge in [0, 0.05) is 11.4 Å². The summed E-state index contributed by atoms with van der Waals surface area (Å²) in [6.07, 6.45) is -1.70. The molecule has 1 aliphatic rings. The molecule has 1 atom stereocenters. The summed E-state index contributed by atoms with van der Waals surface area (Å²) >= 11 is 6.38. The molecule has 1 aliphatic carbocycles. The summed E-state index contributed by atoms with van der Waals surface area (Å²) in [5.74, 6) is 0.0646. The van der Waals surface area contributed by atoms with Crippen molar-refractivity contribution in [3.05, 3.63) is 88.2 Å². The lowest BCUT2D eigenvalue weighted by atomic mass is 9.76. The number of rotatable bonds is 5. The molecule has 0 saturated heterocycles. The van der Waals surface area contributed by atoms with Crippen LogP contribution in [0.2, 0.25) is 5.02 Å². The van der Waals surface area contributed by atoms with E-state index in [-0.39, 0.29) is 11.7 Å². The lowest BCUT2D eigenvalue weighted by Gasteiger charge is -2.29. The van der Waals surface area contributed by atoms with E-state index in [1.165, 1.54) is 6.07 Å². The highest BCUT2D eigenvalue weighted by Crippen LogP contribution is 2.43. The molecule has 0 fully saturated rings. The van der Waals surface area contributed by atoms with Crippen LogP contribution in [0.3, 0.4) is 0 Å². The summed E-state index contributed by atoms with van der Waals surface area (Å²) in [7, 11) is 0. The molecule has 0 radical (unpaired) electrons. The second-order valence-electron chi connectivity index (χ2n) is 7.31. The molecule has 2 aromatic rings. The zero-order valence-electron chi connectivity index (χ0n) is 15.5. The van der Waals surface area contributed by atoms with Crippen LogP contribution in [0.25, 0.3) is 5.57 Å². The van der Waals surface area contributed by atoms with Crippen molar-refractivity contribution < 1.29 is 18.3 Å². The summed E-state index contributed by atoms with van der Waals surface area (Å²) < 4.78 is 39.7. The Bertz CT molecular complexity index is 915. The third kappa shape index (κ3) is 4.44. The van der Waals surface area contributed by atoms with Crippen LogP contribution in [-0.4, -0.2) is 5.11 Å². The smallest absolute Gasteiger partial charge is 0.416 e. The number of aliphatic hydroxyl groups is 1. The minimum atomic E-state index is -4.39. The molecule has 1 N–H and O–H groups in total. The van der Waals surface area contributed by atoms with Crippen LogP contribution in [-0.2, 0) is 19.0 Å². The van der Waals surface area contributed by atoms with Crippen molar-refractivity contribution in [2.45, 2.75) is 44.2 Å².